The minimum absolute atomic E-state index is 0.0705. The Balaban J connectivity index is 4.01. The maximum absolute atomic E-state index is 10.4. The van der Waals surface area contributed by atoms with Crippen molar-refractivity contribution in [2.24, 2.45) is 0 Å². The molecule has 0 saturated carbocycles. The average molecular weight is 376 g/mol. The first-order valence-corrected chi connectivity index (χ1v) is 9.21. The summed E-state index contributed by atoms with van der Waals surface area (Å²) in [6, 6.07) is 0. The lowest BCUT2D eigenvalue weighted by molar-refractivity contribution is -0.137. The zero-order chi connectivity index (χ0) is 20.3. The Morgan fingerprint density at radius 1 is 0.741 bits per heavy atom. The summed E-state index contributed by atoms with van der Waals surface area (Å²) in [6.07, 6.45) is 21.2. The van der Waals surface area contributed by atoms with Crippen LogP contribution in [0.1, 0.15) is 39.0 Å². The van der Waals surface area contributed by atoms with Gasteiger partial charge in [-0.1, -0.05) is 79.8 Å². The molecule has 0 radical (unpaired) electrons. The molecule has 0 rings (SSSR count). The van der Waals surface area contributed by atoms with E-state index in [0.29, 0.717) is 12.8 Å². The van der Waals surface area contributed by atoms with Gasteiger partial charge in [-0.3, -0.25) is 4.79 Å². The van der Waals surface area contributed by atoms with Gasteiger partial charge in [0.2, 0.25) is 0 Å². The normalized spacial score (nSPS) is 16.6. The van der Waals surface area contributed by atoms with E-state index < -0.39 is 24.3 Å². The van der Waals surface area contributed by atoms with Crippen molar-refractivity contribution in [3.05, 3.63) is 72.9 Å². The summed E-state index contributed by atoms with van der Waals surface area (Å²) in [7, 11) is 0. The third kappa shape index (κ3) is 18.4. The molecule has 0 heterocycles. The third-order valence-corrected chi connectivity index (χ3v) is 3.39. The van der Waals surface area contributed by atoms with Crippen LogP contribution in [0, 0.1) is 0 Å². The SMILES string of the molecule is CC/C=C\CC(O)/C=C/C=C\CC(O)/C=C/C=C/C=C/[C@@H](O)CCC(=O)O. The topological polar surface area (TPSA) is 98.0 Å². The lowest BCUT2D eigenvalue weighted by atomic mass is 10.2. The number of allylic oxidation sites excluding steroid dienone is 7. The molecule has 5 nitrogen and oxygen atoms in total. The number of hydrogen-bond acceptors (Lipinski definition) is 4. The van der Waals surface area contributed by atoms with Gasteiger partial charge in [0, 0.05) is 6.42 Å². The molecule has 4 N–H and O–H groups in total. The summed E-state index contributed by atoms with van der Waals surface area (Å²) in [6.45, 7) is 2.04. The highest BCUT2D eigenvalue weighted by Crippen LogP contribution is 2.00. The van der Waals surface area contributed by atoms with Crippen molar-refractivity contribution in [2.45, 2.75) is 57.3 Å². The minimum atomic E-state index is -0.931. The van der Waals surface area contributed by atoms with Crippen molar-refractivity contribution in [2.75, 3.05) is 0 Å². The Bertz CT molecular complexity index is 555. The number of aliphatic carboxylic acids is 1. The van der Waals surface area contributed by atoms with E-state index in [9.17, 15) is 20.1 Å². The van der Waals surface area contributed by atoms with E-state index in [2.05, 4.69) is 0 Å². The van der Waals surface area contributed by atoms with E-state index in [1.165, 1.54) is 6.08 Å². The highest BCUT2D eigenvalue weighted by Gasteiger charge is 2.02. The van der Waals surface area contributed by atoms with Gasteiger partial charge in [-0.15, -0.1) is 0 Å². The number of carboxylic acid groups (broad SMARTS) is 1. The standard InChI is InChI=1S/C22H32O5/c1-2-3-7-12-19(23)14-10-6-11-15-20(24)13-8-4-5-9-16-21(25)17-18-22(26)27/h3-11,13-14,16,19-21,23-25H,2,12,15,17-18H2,1H3,(H,26,27)/b5-4+,7-3-,11-6-,13-8+,14-10+,16-9+/t19?,20?,21-/m1/s1. The zero-order valence-electron chi connectivity index (χ0n) is 15.9. The number of aliphatic hydroxyl groups excluding tert-OH is 3. The first-order chi connectivity index (χ1) is 13.0. The summed E-state index contributed by atoms with van der Waals surface area (Å²) in [5, 5.41) is 37.5. The fourth-order valence-corrected chi connectivity index (χ4v) is 1.93. The van der Waals surface area contributed by atoms with E-state index in [-0.39, 0.29) is 12.8 Å². The second-order valence-corrected chi connectivity index (χ2v) is 5.95. The molecule has 0 spiro atoms. The molecular formula is C22H32O5. The van der Waals surface area contributed by atoms with Crippen LogP contribution in [0.2, 0.25) is 0 Å². The van der Waals surface area contributed by atoms with E-state index >= 15 is 0 Å². The van der Waals surface area contributed by atoms with Crippen molar-refractivity contribution < 1.29 is 25.2 Å². The Hall–Kier alpha value is -2.21. The molecule has 0 aliphatic rings. The van der Waals surface area contributed by atoms with Gasteiger partial charge in [0.1, 0.15) is 0 Å². The first kappa shape index (κ1) is 24.8. The lowest BCUT2D eigenvalue weighted by Gasteiger charge is -2.00. The maximum Gasteiger partial charge on any atom is 0.303 e. The fraction of sp³-hybridized carbons (Fsp3) is 0.409. The van der Waals surface area contributed by atoms with Crippen LogP contribution >= 0.6 is 0 Å². The van der Waals surface area contributed by atoms with Gasteiger partial charge in [-0.2, -0.15) is 0 Å². The van der Waals surface area contributed by atoms with Crippen molar-refractivity contribution in [1.29, 1.82) is 0 Å². The monoisotopic (exact) mass is 376 g/mol. The smallest absolute Gasteiger partial charge is 0.303 e. The summed E-state index contributed by atoms with van der Waals surface area (Å²) in [5.41, 5.74) is 0. The van der Waals surface area contributed by atoms with Crippen LogP contribution in [-0.2, 0) is 4.79 Å². The largest absolute Gasteiger partial charge is 0.481 e. The highest BCUT2D eigenvalue weighted by molar-refractivity contribution is 5.66. The van der Waals surface area contributed by atoms with Gasteiger partial charge in [-0.05, 0) is 25.7 Å². The molecule has 0 aromatic rings. The third-order valence-electron chi connectivity index (χ3n) is 3.39. The van der Waals surface area contributed by atoms with Gasteiger partial charge in [0.15, 0.2) is 0 Å². The Labute approximate surface area is 162 Å². The summed E-state index contributed by atoms with van der Waals surface area (Å²) >= 11 is 0. The molecule has 0 saturated heterocycles. The van der Waals surface area contributed by atoms with Gasteiger partial charge in [0.05, 0.1) is 18.3 Å². The van der Waals surface area contributed by atoms with Crippen LogP contribution < -0.4 is 0 Å². The van der Waals surface area contributed by atoms with Crippen LogP contribution in [0.3, 0.4) is 0 Å². The van der Waals surface area contributed by atoms with Gasteiger partial charge < -0.3 is 20.4 Å². The zero-order valence-corrected chi connectivity index (χ0v) is 15.9. The van der Waals surface area contributed by atoms with Crippen LogP contribution in [0.5, 0.6) is 0 Å². The molecular weight excluding hydrogens is 344 g/mol. The Morgan fingerprint density at radius 3 is 1.81 bits per heavy atom. The lowest BCUT2D eigenvalue weighted by Crippen LogP contribution is -2.05. The van der Waals surface area contributed by atoms with E-state index in [1.54, 1.807) is 48.6 Å². The summed E-state index contributed by atoms with van der Waals surface area (Å²) in [5.74, 6) is -0.931. The molecule has 0 fully saturated rings. The molecule has 0 aliphatic heterocycles. The molecule has 0 bridgehead atoms. The molecule has 0 aromatic heterocycles. The minimum Gasteiger partial charge on any atom is -0.481 e. The van der Waals surface area contributed by atoms with Crippen LogP contribution in [0.25, 0.3) is 0 Å². The van der Waals surface area contributed by atoms with Crippen molar-refractivity contribution in [1.82, 2.24) is 0 Å². The van der Waals surface area contributed by atoms with Crippen LogP contribution in [0.15, 0.2) is 72.9 Å². The first-order valence-electron chi connectivity index (χ1n) is 9.21. The van der Waals surface area contributed by atoms with E-state index in [1.807, 2.05) is 25.2 Å². The Morgan fingerprint density at radius 2 is 1.26 bits per heavy atom. The molecule has 0 aromatic carbocycles. The van der Waals surface area contributed by atoms with Crippen molar-refractivity contribution >= 4 is 5.97 Å². The molecule has 27 heavy (non-hydrogen) atoms. The predicted molar refractivity (Wildman–Crippen MR) is 109 cm³/mol. The molecule has 5 heteroatoms. The quantitative estimate of drug-likeness (QED) is 0.275. The summed E-state index contributed by atoms with van der Waals surface area (Å²) in [4.78, 5) is 10.4. The highest BCUT2D eigenvalue weighted by atomic mass is 16.4. The predicted octanol–water partition coefficient (Wildman–Crippen LogP) is 3.46. The number of hydrogen-bond donors (Lipinski definition) is 4. The van der Waals surface area contributed by atoms with Crippen molar-refractivity contribution in [3.8, 4) is 0 Å². The van der Waals surface area contributed by atoms with Gasteiger partial charge in [-0.25, -0.2) is 0 Å². The van der Waals surface area contributed by atoms with Crippen LogP contribution in [-0.4, -0.2) is 44.7 Å². The molecule has 3 atom stereocenters. The molecule has 0 aliphatic carbocycles. The molecule has 150 valence electrons. The van der Waals surface area contributed by atoms with Gasteiger partial charge in [0.25, 0.3) is 0 Å². The molecule has 0 amide bonds. The van der Waals surface area contributed by atoms with Crippen molar-refractivity contribution in [3.63, 3.8) is 0 Å². The number of carboxylic acids is 1. The number of aliphatic hydroxyl groups is 3. The van der Waals surface area contributed by atoms with Gasteiger partial charge >= 0.3 is 5.97 Å². The van der Waals surface area contributed by atoms with E-state index in [4.69, 9.17) is 5.11 Å². The van der Waals surface area contributed by atoms with Crippen LogP contribution in [0.4, 0.5) is 0 Å². The van der Waals surface area contributed by atoms with E-state index in [0.717, 1.165) is 6.42 Å². The second-order valence-electron chi connectivity index (χ2n) is 5.95. The maximum atomic E-state index is 10.4. The molecule has 2 unspecified atom stereocenters. The number of rotatable bonds is 14. The second kappa shape index (κ2) is 17.2. The Kier molecular flexibility index (Phi) is 15.8. The fourth-order valence-electron chi connectivity index (χ4n) is 1.93. The summed E-state index contributed by atoms with van der Waals surface area (Å²) < 4.78 is 0. The average Bonchev–Trinajstić information content (AvgIpc) is 2.62. The number of carbonyl (C=O) groups is 1.